The number of pyridine rings is 1. The molecule has 0 saturated heterocycles. The molecule has 1 aromatic heterocycles. The van der Waals surface area contributed by atoms with Gasteiger partial charge in [-0.2, -0.15) is 0 Å². The number of nitrogen functional groups attached to an aromatic ring is 1. The van der Waals surface area contributed by atoms with Crippen molar-refractivity contribution in [2.45, 2.75) is 0 Å². The van der Waals surface area contributed by atoms with Crippen LogP contribution in [0.3, 0.4) is 0 Å². The van der Waals surface area contributed by atoms with Crippen molar-refractivity contribution in [1.82, 2.24) is 4.98 Å². The van der Waals surface area contributed by atoms with Crippen molar-refractivity contribution < 1.29 is 9.66 Å². The third kappa shape index (κ3) is 3.30. The number of aromatic nitrogens is 1. The molecular formula is C12H12ClN5O3. The van der Waals surface area contributed by atoms with Gasteiger partial charge >= 0.3 is 5.69 Å². The zero-order valence-electron chi connectivity index (χ0n) is 11.0. The van der Waals surface area contributed by atoms with Crippen LogP contribution in [0.1, 0.15) is 0 Å². The molecule has 2 rings (SSSR count). The van der Waals surface area contributed by atoms with E-state index in [1.165, 1.54) is 19.2 Å². The Bertz CT molecular complexity index is 680. The van der Waals surface area contributed by atoms with E-state index in [4.69, 9.17) is 22.2 Å². The normalized spacial score (nSPS) is 10.0. The van der Waals surface area contributed by atoms with E-state index in [0.717, 1.165) is 0 Å². The lowest BCUT2D eigenvalue weighted by molar-refractivity contribution is -0.384. The van der Waals surface area contributed by atoms with Crippen molar-refractivity contribution >= 4 is 34.6 Å². The maximum absolute atomic E-state index is 11.0. The van der Waals surface area contributed by atoms with Gasteiger partial charge in [-0.1, -0.05) is 11.6 Å². The third-order valence-electron chi connectivity index (χ3n) is 2.63. The molecule has 0 unspecified atom stereocenters. The molecule has 0 amide bonds. The van der Waals surface area contributed by atoms with Crippen molar-refractivity contribution in [1.29, 1.82) is 0 Å². The molecule has 0 spiro atoms. The maximum Gasteiger partial charge on any atom is 0.311 e. The van der Waals surface area contributed by atoms with E-state index < -0.39 is 4.92 Å². The molecule has 4 N–H and O–H groups in total. The minimum Gasteiger partial charge on any atom is -0.495 e. The molecule has 1 heterocycles. The largest absolute Gasteiger partial charge is 0.495 e. The summed E-state index contributed by atoms with van der Waals surface area (Å²) in [5.74, 6) is 6.04. The van der Waals surface area contributed by atoms with Crippen molar-refractivity contribution in [3.05, 3.63) is 45.5 Å². The molecule has 0 fully saturated rings. The summed E-state index contributed by atoms with van der Waals surface area (Å²) < 4.78 is 5.17. The minimum atomic E-state index is -0.549. The van der Waals surface area contributed by atoms with Gasteiger partial charge < -0.3 is 15.5 Å². The number of benzene rings is 1. The maximum atomic E-state index is 11.0. The Balaban J connectivity index is 2.47. The second-order valence-corrected chi connectivity index (χ2v) is 4.37. The highest BCUT2D eigenvalue weighted by Gasteiger charge is 2.17. The number of nitrogens with one attached hydrogen (secondary N) is 2. The second-order valence-electron chi connectivity index (χ2n) is 3.94. The number of hydrazine groups is 1. The first-order chi connectivity index (χ1) is 10.0. The van der Waals surface area contributed by atoms with Crippen LogP contribution in [0.15, 0.2) is 30.3 Å². The molecule has 0 radical (unpaired) electrons. The van der Waals surface area contributed by atoms with Crippen LogP contribution >= 0.6 is 11.6 Å². The molecular weight excluding hydrogens is 298 g/mol. The predicted molar refractivity (Wildman–Crippen MR) is 80.0 cm³/mol. The van der Waals surface area contributed by atoms with Gasteiger partial charge in [0.1, 0.15) is 11.6 Å². The minimum absolute atomic E-state index is 0.0241. The number of methoxy groups -OCH3 is 1. The van der Waals surface area contributed by atoms with Crippen molar-refractivity contribution in [2.24, 2.45) is 5.84 Å². The van der Waals surface area contributed by atoms with E-state index in [1.54, 1.807) is 18.2 Å². The molecule has 0 saturated carbocycles. The first-order valence-electron chi connectivity index (χ1n) is 5.77. The Kier molecular flexibility index (Phi) is 4.41. The van der Waals surface area contributed by atoms with Gasteiger partial charge in [-0.05, 0) is 24.3 Å². The van der Waals surface area contributed by atoms with Crippen LogP contribution in [0.25, 0.3) is 0 Å². The van der Waals surface area contributed by atoms with Crippen molar-refractivity contribution in [3.63, 3.8) is 0 Å². The number of hydrogen-bond donors (Lipinski definition) is 3. The van der Waals surface area contributed by atoms with Crippen molar-refractivity contribution in [2.75, 3.05) is 17.9 Å². The lowest BCUT2D eigenvalue weighted by Crippen LogP contribution is -2.10. The van der Waals surface area contributed by atoms with Crippen LogP contribution < -0.4 is 21.3 Å². The van der Waals surface area contributed by atoms with Gasteiger partial charge in [0, 0.05) is 11.1 Å². The Morgan fingerprint density at radius 2 is 2.14 bits per heavy atom. The van der Waals surface area contributed by atoms with Gasteiger partial charge in [0.2, 0.25) is 5.82 Å². The summed E-state index contributed by atoms with van der Waals surface area (Å²) in [6, 6.07) is 7.56. The average molecular weight is 310 g/mol. The Hall–Kier alpha value is -2.58. The van der Waals surface area contributed by atoms with Crippen LogP contribution in [-0.2, 0) is 0 Å². The van der Waals surface area contributed by atoms with E-state index in [-0.39, 0.29) is 17.3 Å². The van der Waals surface area contributed by atoms with Gasteiger partial charge in [-0.25, -0.2) is 10.8 Å². The number of nitrogens with two attached hydrogens (primary N) is 1. The third-order valence-corrected chi connectivity index (χ3v) is 2.87. The molecule has 2 aromatic rings. The molecule has 9 heteroatoms. The second kappa shape index (κ2) is 6.25. The molecule has 8 nitrogen and oxygen atoms in total. The highest BCUT2D eigenvalue weighted by Crippen LogP contribution is 2.33. The Labute approximate surface area is 125 Å². The quantitative estimate of drug-likeness (QED) is 0.441. The zero-order chi connectivity index (χ0) is 15.4. The van der Waals surface area contributed by atoms with Crippen LogP contribution in [-0.4, -0.2) is 17.0 Å². The predicted octanol–water partition coefficient (Wildman–Crippen LogP) is 2.68. The summed E-state index contributed by atoms with van der Waals surface area (Å²) >= 11 is 5.92. The molecule has 0 atom stereocenters. The molecule has 0 bridgehead atoms. The standard InChI is InChI=1S/C12H12ClN5O3/c1-21-10-4-2-7(13)6-8(10)15-12-9(18(19)20)3-5-11(16-12)17-14/h2-6H,14H2,1H3,(H2,15,16,17). The number of nitrogens with zero attached hydrogens (tertiary/aromatic N) is 2. The smallest absolute Gasteiger partial charge is 0.311 e. The summed E-state index contributed by atoms with van der Waals surface area (Å²) in [5, 5.41) is 14.3. The molecule has 0 aliphatic carbocycles. The van der Waals surface area contributed by atoms with Gasteiger partial charge in [0.05, 0.1) is 17.7 Å². The van der Waals surface area contributed by atoms with Crippen LogP contribution in [0.2, 0.25) is 5.02 Å². The monoisotopic (exact) mass is 309 g/mol. The van der Waals surface area contributed by atoms with Gasteiger partial charge in [0.15, 0.2) is 0 Å². The zero-order valence-corrected chi connectivity index (χ0v) is 11.7. The first kappa shape index (κ1) is 14.8. The Morgan fingerprint density at radius 1 is 1.38 bits per heavy atom. The fourth-order valence-corrected chi connectivity index (χ4v) is 1.85. The SMILES string of the molecule is COc1ccc(Cl)cc1Nc1nc(NN)ccc1[N+](=O)[O-]. The van der Waals surface area contributed by atoms with Gasteiger partial charge in [-0.3, -0.25) is 10.1 Å². The topological polar surface area (TPSA) is 115 Å². The van der Waals surface area contributed by atoms with E-state index in [0.29, 0.717) is 16.5 Å². The fourth-order valence-electron chi connectivity index (χ4n) is 1.68. The van der Waals surface area contributed by atoms with Gasteiger partial charge in [-0.15, -0.1) is 0 Å². The summed E-state index contributed by atoms with van der Waals surface area (Å²) in [4.78, 5) is 14.5. The van der Waals surface area contributed by atoms with E-state index >= 15 is 0 Å². The molecule has 1 aromatic carbocycles. The first-order valence-corrected chi connectivity index (χ1v) is 6.15. The summed E-state index contributed by atoms with van der Waals surface area (Å²) in [6.45, 7) is 0. The fraction of sp³-hybridized carbons (Fsp3) is 0.0833. The summed E-state index contributed by atoms with van der Waals surface area (Å²) in [7, 11) is 1.48. The van der Waals surface area contributed by atoms with E-state index in [9.17, 15) is 10.1 Å². The highest BCUT2D eigenvalue weighted by atomic mass is 35.5. The van der Waals surface area contributed by atoms with Gasteiger partial charge in [0.25, 0.3) is 0 Å². The van der Waals surface area contributed by atoms with Crippen LogP contribution in [0.4, 0.5) is 23.0 Å². The number of hydrogen-bond acceptors (Lipinski definition) is 7. The lowest BCUT2D eigenvalue weighted by Gasteiger charge is -2.12. The molecule has 0 aliphatic rings. The van der Waals surface area contributed by atoms with E-state index in [2.05, 4.69) is 15.7 Å². The summed E-state index contributed by atoms with van der Waals surface area (Å²) in [6.07, 6.45) is 0. The van der Waals surface area contributed by atoms with Crippen molar-refractivity contribution in [3.8, 4) is 5.75 Å². The molecule has 21 heavy (non-hydrogen) atoms. The summed E-state index contributed by atoms with van der Waals surface area (Å²) in [5.41, 5.74) is 2.58. The van der Waals surface area contributed by atoms with Crippen LogP contribution in [0.5, 0.6) is 5.75 Å². The molecule has 0 aliphatic heterocycles. The average Bonchev–Trinajstić information content (AvgIpc) is 2.47. The molecule has 110 valence electrons. The lowest BCUT2D eigenvalue weighted by atomic mass is 10.2. The number of anilines is 3. The number of rotatable bonds is 5. The highest BCUT2D eigenvalue weighted by molar-refractivity contribution is 6.31. The number of ether oxygens (including phenoxy) is 1. The van der Waals surface area contributed by atoms with Crippen LogP contribution in [0, 0.1) is 10.1 Å². The van der Waals surface area contributed by atoms with E-state index in [1.807, 2.05) is 0 Å². The Morgan fingerprint density at radius 3 is 2.76 bits per heavy atom. The number of nitro groups is 1. The number of halogens is 1.